The van der Waals surface area contributed by atoms with Gasteiger partial charge in [0, 0.05) is 31.5 Å². The number of nitrogens with one attached hydrogen (secondary N) is 1. The number of nitrogens with zero attached hydrogens (tertiary/aromatic N) is 2. The molecule has 1 rings (SSSR count). The monoisotopic (exact) mass is 265 g/mol. The fraction of sp³-hybridized carbons (Fsp3) is 0.667. The molecular weight excluding hydrogens is 238 g/mol. The molecule has 0 saturated heterocycles. The SMILES string of the molecule is CCCCN(CCO)Cc1cc(NCCC)ccn1. The zero-order chi connectivity index (χ0) is 13.9. The summed E-state index contributed by atoms with van der Waals surface area (Å²) in [6.07, 6.45) is 5.30. The van der Waals surface area contributed by atoms with E-state index in [4.69, 9.17) is 5.11 Å². The van der Waals surface area contributed by atoms with Crippen molar-refractivity contribution in [3.05, 3.63) is 24.0 Å². The van der Waals surface area contributed by atoms with Crippen LogP contribution in [0.5, 0.6) is 0 Å². The molecular formula is C15H27N3O. The summed E-state index contributed by atoms with van der Waals surface area (Å²) >= 11 is 0. The van der Waals surface area contributed by atoms with Crippen LogP contribution in [0.3, 0.4) is 0 Å². The lowest BCUT2D eigenvalue weighted by Crippen LogP contribution is -2.28. The Morgan fingerprint density at radius 1 is 1.26 bits per heavy atom. The second-order valence-corrected chi connectivity index (χ2v) is 4.82. The highest BCUT2D eigenvalue weighted by molar-refractivity contribution is 5.43. The lowest BCUT2D eigenvalue weighted by Gasteiger charge is -2.20. The van der Waals surface area contributed by atoms with Gasteiger partial charge in [0.1, 0.15) is 0 Å². The van der Waals surface area contributed by atoms with Gasteiger partial charge < -0.3 is 10.4 Å². The Hall–Kier alpha value is -1.13. The molecule has 19 heavy (non-hydrogen) atoms. The summed E-state index contributed by atoms with van der Waals surface area (Å²) in [5, 5.41) is 12.5. The van der Waals surface area contributed by atoms with Crippen molar-refractivity contribution in [2.45, 2.75) is 39.7 Å². The number of hydrogen-bond acceptors (Lipinski definition) is 4. The van der Waals surface area contributed by atoms with E-state index in [1.807, 2.05) is 12.3 Å². The zero-order valence-electron chi connectivity index (χ0n) is 12.2. The molecule has 2 N–H and O–H groups in total. The second-order valence-electron chi connectivity index (χ2n) is 4.82. The van der Waals surface area contributed by atoms with Crippen LogP contribution >= 0.6 is 0 Å². The number of aliphatic hydroxyl groups is 1. The van der Waals surface area contributed by atoms with Crippen LogP contribution in [0.4, 0.5) is 5.69 Å². The first-order chi connectivity index (χ1) is 9.30. The summed E-state index contributed by atoms with van der Waals surface area (Å²) < 4.78 is 0. The predicted molar refractivity (Wildman–Crippen MR) is 80.3 cm³/mol. The van der Waals surface area contributed by atoms with Gasteiger partial charge in [0.05, 0.1) is 12.3 Å². The van der Waals surface area contributed by atoms with E-state index >= 15 is 0 Å². The molecule has 0 aromatic carbocycles. The molecule has 0 unspecified atom stereocenters. The molecule has 0 bridgehead atoms. The van der Waals surface area contributed by atoms with E-state index in [9.17, 15) is 0 Å². The van der Waals surface area contributed by atoms with Crippen LogP contribution in [0.1, 0.15) is 38.8 Å². The van der Waals surface area contributed by atoms with E-state index in [0.29, 0.717) is 6.54 Å². The quantitative estimate of drug-likeness (QED) is 0.682. The van der Waals surface area contributed by atoms with E-state index < -0.39 is 0 Å². The van der Waals surface area contributed by atoms with Gasteiger partial charge in [-0.25, -0.2) is 0 Å². The molecule has 108 valence electrons. The van der Waals surface area contributed by atoms with E-state index in [1.54, 1.807) is 0 Å². The lowest BCUT2D eigenvalue weighted by molar-refractivity contribution is 0.187. The summed E-state index contributed by atoms with van der Waals surface area (Å²) in [5.41, 5.74) is 2.19. The molecule has 0 saturated carbocycles. The third kappa shape index (κ3) is 6.55. The third-order valence-electron chi connectivity index (χ3n) is 3.03. The third-order valence-corrected chi connectivity index (χ3v) is 3.03. The first-order valence-electron chi connectivity index (χ1n) is 7.32. The summed E-state index contributed by atoms with van der Waals surface area (Å²) in [5.74, 6) is 0. The van der Waals surface area contributed by atoms with Crippen molar-refractivity contribution in [3.8, 4) is 0 Å². The summed E-state index contributed by atoms with van der Waals surface area (Å²) in [6, 6.07) is 4.10. The topological polar surface area (TPSA) is 48.4 Å². The van der Waals surface area contributed by atoms with Gasteiger partial charge in [0.15, 0.2) is 0 Å². The first kappa shape index (κ1) is 15.9. The molecule has 1 aromatic rings. The van der Waals surface area contributed by atoms with Gasteiger partial charge >= 0.3 is 0 Å². The molecule has 4 nitrogen and oxygen atoms in total. The Kier molecular flexibility index (Phi) is 8.18. The molecule has 0 fully saturated rings. The maximum Gasteiger partial charge on any atom is 0.0564 e. The van der Waals surface area contributed by atoms with Crippen LogP contribution in [-0.2, 0) is 6.54 Å². The first-order valence-corrected chi connectivity index (χ1v) is 7.32. The minimum absolute atomic E-state index is 0.206. The minimum atomic E-state index is 0.206. The van der Waals surface area contributed by atoms with Crippen molar-refractivity contribution in [1.29, 1.82) is 0 Å². The second kappa shape index (κ2) is 9.75. The van der Waals surface area contributed by atoms with Crippen LogP contribution in [0.2, 0.25) is 0 Å². The average molecular weight is 265 g/mol. The maximum absolute atomic E-state index is 9.11. The highest BCUT2D eigenvalue weighted by Gasteiger charge is 2.06. The molecule has 1 heterocycles. The fourth-order valence-corrected chi connectivity index (χ4v) is 1.97. The van der Waals surface area contributed by atoms with Gasteiger partial charge in [0.2, 0.25) is 0 Å². The largest absolute Gasteiger partial charge is 0.395 e. The van der Waals surface area contributed by atoms with Gasteiger partial charge in [-0.2, -0.15) is 0 Å². The van der Waals surface area contributed by atoms with E-state index in [2.05, 4.69) is 35.1 Å². The highest BCUT2D eigenvalue weighted by atomic mass is 16.3. The number of unbranched alkanes of at least 4 members (excludes halogenated alkanes) is 1. The maximum atomic E-state index is 9.11. The summed E-state index contributed by atoms with van der Waals surface area (Å²) in [4.78, 5) is 6.67. The fourth-order valence-electron chi connectivity index (χ4n) is 1.97. The Morgan fingerprint density at radius 3 is 2.79 bits per heavy atom. The molecule has 0 radical (unpaired) electrons. The summed E-state index contributed by atoms with van der Waals surface area (Å²) in [7, 11) is 0. The number of rotatable bonds is 10. The normalized spacial score (nSPS) is 10.9. The smallest absolute Gasteiger partial charge is 0.0564 e. The molecule has 0 aliphatic carbocycles. The van der Waals surface area contributed by atoms with Crippen LogP contribution < -0.4 is 5.32 Å². The van der Waals surface area contributed by atoms with Gasteiger partial charge in [-0.3, -0.25) is 9.88 Å². The van der Waals surface area contributed by atoms with Gasteiger partial charge in [-0.05, 0) is 31.5 Å². The molecule has 0 atom stereocenters. The highest BCUT2D eigenvalue weighted by Crippen LogP contribution is 2.10. The minimum Gasteiger partial charge on any atom is -0.395 e. The van der Waals surface area contributed by atoms with Gasteiger partial charge in [0.25, 0.3) is 0 Å². The molecule has 0 amide bonds. The number of pyridine rings is 1. The van der Waals surface area contributed by atoms with Crippen LogP contribution in [-0.4, -0.2) is 41.2 Å². The molecule has 0 aliphatic rings. The van der Waals surface area contributed by atoms with Crippen molar-refractivity contribution in [3.63, 3.8) is 0 Å². The molecule has 0 aliphatic heterocycles. The Bertz CT molecular complexity index is 344. The van der Waals surface area contributed by atoms with Crippen molar-refractivity contribution < 1.29 is 5.11 Å². The molecule has 1 aromatic heterocycles. The van der Waals surface area contributed by atoms with Crippen LogP contribution in [0.15, 0.2) is 18.3 Å². The van der Waals surface area contributed by atoms with Crippen molar-refractivity contribution in [2.75, 3.05) is 31.6 Å². The molecule has 0 spiro atoms. The Balaban J connectivity index is 2.56. The zero-order valence-corrected chi connectivity index (χ0v) is 12.2. The number of anilines is 1. The van der Waals surface area contributed by atoms with Gasteiger partial charge in [-0.15, -0.1) is 0 Å². The number of aliphatic hydroxyl groups excluding tert-OH is 1. The van der Waals surface area contributed by atoms with Gasteiger partial charge in [-0.1, -0.05) is 20.3 Å². The number of aromatic nitrogens is 1. The lowest BCUT2D eigenvalue weighted by atomic mass is 10.2. The number of hydrogen-bond donors (Lipinski definition) is 2. The van der Waals surface area contributed by atoms with E-state index in [0.717, 1.165) is 43.9 Å². The van der Waals surface area contributed by atoms with Crippen molar-refractivity contribution >= 4 is 5.69 Å². The Labute approximate surface area is 116 Å². The average Bonchev–Trinajstić information content (AvgIpc) is 2.43. The summed E-state index contributed by atoms with van der Waals surface area (Å²) in [6.45, 7) is 8.08. The van der Waals surface area contributed by atoms with Crippen LogP contribution in [0.25, 0.3) is 0 Å². The van der Waals surface area contributed by atoms with Crippen molar-refractivity contribution in [1.82, 2.24) is 9.88 Å². The van der Waals surface area contributed by atoms with Crippen molar-refractivity contribution in [2.24, 2.45) is 0 Å². The predicted octanol–water partition coefficient (Wildman–Crippen LogP) is 2.50. The molecule has 4 heteroatoms. The van der Waals surface area contributed by atoms with Crippen LogP contribution in [0, 0.1) is 0 Å². The Morgan fingerprint density at radius 2 is 2.11 bits per heavy atom. The van der Waals surface area contributed by atoms with E-state index in [-0.39, 0.29) is 6.61 Å². The van der Waals surface area contributed by atoms with E-state index in [1.165, 1.54) is 6.42 Å². The standard InChI is InChI=1S/C15H27N3O/c1-3-5-9-18(10-11-19)13-15-12-14(6-8-17-15)16-7-4-2/h6,8,12,19H,3-5,7,9-11,13H2,1-2H3,(H,16,17).